The van der Waals surface area contributed by atoms with Gasteiger partial charge in [-0.05, 0) is 37.8 Å². The van der Waals surface area contributed by atoms with Crippen molar-refractivity contribution in [1.82, 2.24) is 9.88 Å². The number of hydrogen-bond donors (Lipinski definition) is 0. The van der Waals surface area contributed by atoms with Crippen LogP contribution in [0, 0.1) is 5.92 Å². The zero-order chi connectivity index (χ0) is 21.2. The Kier molecular flexibility index (Phi) is 6.40. The maximum Gasteiger partial charge on any atom is 0.419 e. The second-order valence-electron chi connectivity index (χ2n) is 7.75. The zero-order valence-corrected chi connectivity index (χ0v) is 17.2. The van der Waals surface area contributed by atoms with Gasteiger partial charge in [-0.15, -0.1) is 0 Å². The number of aromatic nitrogens is 1. The molecule has 29 heavy (non-hydrogen) atoms. The van der Waals surface area contributed by atoms with Gasteiger partial charge in [-0.2, -0.15) is 13.2 Å². The smallest absolute Gasteiger partial charge is 0.355 e. The van der Waals surface area contributed by atoms with Crippen LogP contribution < -0.4 is 4.90 Å². The third-order valence-electron chi connectivity index (χ3n) is 5.56. The van der Waals surface area contributed by atoms with E-state index in [1.54, 1.807) is 4.90 Å². The van der Waals surface area contributed by atoms with Gasteiger partial charge in [0.1, 0.15) is 5.82 Å². The van der Waals surface area contributed by atoms with Gasteiger partial charge in [-0.1, -0.05) is 6.92 Å². The Morgan fingerprint density at radius 2 is 2.10 bits per heavy atom. The van der Waals surface area contributed by atoms with Crippen molar-refractivity contribution in [2.75, 3.05) is 36.0 Å². The third-order valence-corrected chi connectivity index (χ3v) is 7.31. The molecule has 0 aromatic carbocycles. The summed E-state index contributed by atoms with van der Waals surface area (Å²) in [5, 5.41) is 0. The number of halogens is 3. The normalized spacial score (nSPS) is 24.5. The monoisotopic (exact) mass is 433 g/mol. The fraction of sp³-hybridized carbons (Fsp3) is 0.684. The van der Waals surface area contributed by atoms with Crippen LogP contribution in [0.5, 0.6) is 0 Å². The summed E-state index contributed by atoms with van der Waals surface area (Å²) in [5.74, 6) is -0.744. The molecule has 0 saturated carbocycles. The van der Waals surface area contributed by atoms with Crippen LogP contribution in [0.25, 0.3) is 0 Å². The molecule has 1 amide bonds. The van der Waals surface area contributed by atoms with Crippen LogP contribution >= 0.6 is 0 Å². The number of carbonyl (C=O) groups excluding carboxylic acids is 1. The van der Waals surface area contributed by atoms with Gasteiger partial charge in [0.2, 0.25) is 5.91 Å². The van der Waals surface area contributed by atoms with E-state index in [0.29, 0.717) is 38.8 Å². The van der Waals surface area contributed by atoms with Crippen molar-refractivity contribution in [3.05, 3.63) is 23.9 Å². The van der Waals surface area contributed by atoms with Crippen molar-refractivity contribution in [2.45, 2.75) is 44.8 Å². The SMILES string of the molecule is CCCN(C(=O)C1CCCN(c2ncccc2C(F)(F)F)C1)C1CCS(=O)(=O)C1. The van der Waals surface area contributed by atoms with Crippen molar-refractivity contribution in [3.63, 3.8) is 0 Å². The maximum atomic E-state index is 13.4. The molecular weight excluding hydrogens is 407 g/mol. The minimum atomic E-state index is -4.52. The summed E-state index contributed by atoms with van der Waals surface area (Å²) in [5.41, 5.74) is -0.805. The molecule has 0 N–H and O–H groups in total. The average Bonchev–Trinajstić information content (AvgIpc) is 3.04. The summed E-state index contributed by atoms with van der Waals surface area (Å²) in [6.45, 7) is 2.92. The van der Waals surface area contributed by atoms with Gasteiger partial charge in [0, 0.05) is 31.9 Å². The lowest BCUT2D eigenvalue weighted by Gasteiger charge is -2.38. The predicted octanol–water partition coefficient (Wildman–Crippen LogP) is 2.74. The zero-order valence-electron chi connectivity index (χ0n) is 16.4. The quantitative estimate of drug-likeness (QED) is 0.714. The van der Waals surface area contributed by atoms with Gasteiger partial charge in [-0.25, -0.2) is 13.4 Å². The van der Waals surface area contributed by atoms with E-state index in [9.17, 15) is 26.4 Å². The Bertz CT molecular complexity index is 845. The summed E-state index contributed by atoms with van der Waals surface area (Å²) in [4.78, 5) is 20.3. The molecular formula is C19H26F3N3O3S. The van der Waals surface area contributed by atoms with Gasteiger partial charge in [0.25, 0.3) is 0 Å². The number of hydrogen-bond acceptors (Lipinski definition) is 5. The number of piperidine rings is 1. The molecule has 0 radical (unpaired) electrons. The molecule has 0 aliphatic carbocycles. The lowest BCUT2D eigenvalue weighted by atomic mass is 9.95. The molecule has 3 rings (SSSR count). The Labute approximate surface area is 169 Å². The van der Waals surface area contributed by atoms with Gasteiger partial charge >= 0.3 is 6.18 Å². The van der Waals surface area contributed by atoms with E-state index in [2.05, 4.69) is 4.98 Å². The Hall–Kier alpha value is -1.84. The topological polar surface area (TPSA) is 70.6 Å². The van der Waals surface area contributed by atoms with Gasteiger partial charge < -0.3 is 9.80 Å². The number of sulfone groups is 1. The molecule has 10 heteroatoms. The highest BCUT2D eigenvalue weighted by Crippen LogP contribution is 2.36. The van der Waals surface area contributed by atoms with Crippen LogP contribution in [0.3, 0.4) is 0 Å². The van der Waals surface area contributed by atoms with E-state index in [1.165, 1.54) is 17.2 Å². The molecule has 1 aromatic rings. The summed E-state index contributed by atoms with van der Waals surface area (Å²) in [6, 6.07) is 1.91. The molecule has 3 heterocycles. The van der Waals surface area contributed by atoms with Gasteiger partial charge in [0.05, 0.1) is 23.0 Å². The number of anilines is 1. The lowest BCUT2D eigenvalue weighted by Crippen LogP contribution is -2.49. The molecule has 2 aliphatic heterocycles. The van der Waals surface area contributed by atoms with E-state index in [4.69, 9.17) is 0 Å². The Morgan fingerprint density at radius 1 is 1.34 bits per heavy atom. The molecule has 6 nitrogen and oxygen atoms in total. The lowest BCUT2D eigenvalue weighted by molar-refractivity contribution is -0.137. The van der Waals surface area contributed by atoms with Crippen molar-refractivity contribution >= 4 is 21.6 Å². The summed E-state index contributed by atoms with van der Waals surface area (Å²) >= 11 is 0. The van der Waals surface area contributed by atoms with Crippen molar-refractivity contribution in [3.8, 4) is 0 Å². The van der Waals surface area contributed by atoms with Crippen LogP contribution in [0.1, 0.15) is 38.2 Å². The van der Waals surface area contributed by atoms with Crippen LogP contribution in [0.15, 0.2) is 18.3 Å². The minimum absolute atomic E-state index is 0.0341. The second kappa shape index (κ2) is 8.49. The molecule has 162 valence electrons. The van der Waals surface area contributed by atoms with Crippen LogP contribution in [-0.4, -0.2) is 61.4 Å². The number of pyridine rings is 1. The fourth-order valence-electron chi connectivity index (χ4n) is 4.21. The Balaban J connectivity index is 1.79. The highest BCUT2D eigenvalue weighted by molar-refractivity contribution is 7.91. The fourth-order valence-corrected chi connectivity index (χ4v) is 5.94. The largest absolute Gasteiger partial charge is 0.419 e. The minimum Gasteiger partial charge on any atom is -0.355 e. The third kappa shape index (κ3) is 5.02. The van der Waals surface area contributed by atoms with Gasteiger partial charge in [0.15, 0.2) is 9.84 Å². The number of amides is 1. The molecule has 2 unspecified atom stereocenters. The first-order chi connectivity index (χ1) is 13.6. The van der Waals surface area contributed by atoms with Crippen molar-refractivity contribution in [1.29, 1.82) is 0 Å². The first-order valence-corrected chi connectivity index (χ1v) is 11.7. The second-order valence-corrected chi connectivity index (χ2v) is 9.97. The molecule has 2 aliphatic rings. The van der Waals surface area contributed by atoms with Crippen LogP contribution in [-0.2, 0) is 20.8 Å². The summed E-state index contributed by atoms with van der Waals surface area (Å²) < 4.78 is 63.8. The molecule has 1 aromatic heterocycles. The summed E-state index contributed by atoms with van der Waals surface area (Å²) in [6.07, 6.45) is -0.938. The highest BCUT2D eigenvalue weighted by Gasteiger charge is 2.40. The molecule has 0 spiro atoms. The van der Waals surface area contributed by atoms with Crippen LogP contribution in [0.2, 0.25) is 0 Å². The predicted molar refractivity (Wildman–Crippen MR) is 103 cm³/mol. The number of rotatable bonds is 5. The number of carbonyl (C=O) groups is 1. The molecule has 2 fully saturated rings. The molecule has 0 bridgehead atoms. The van der Waals surface area contributed by atoms with Gasteiger partial charge in [-0.3, -0.25) is 4.79 Å². The van der Waals surface area contributed by atoms with E-state index in [-0.39, 0.29) is 35.8 Å². The van der Waals surface area contributed by atoms with E-state index in [1.807, 2.05) is 6.92 Å². The molecule has 2 atom stereocenters. The van der Waals surface area contributed by atoms with E-state index < -0.39 is 27.5 Å². The average molecular weight is 433 g/mol. The van der Waals surface area contributed by atoms with Crippen molar-refractivity contribution < 1.29 is 26.4 Å². The first-order valence-electron chi connectivity index (χ1n) is 9.90. The number of alkyl halides is 3. The maximum absolute atomic E-state index is 13.4. The van der Waals surface area contributed by atoms with E-state index >= 15 is 0 Å². The van der Waals surface area contributed by atoms with Crippen molar-refractivity contribution in [2.24, 2.45) is 5.92 Å². The molecule has 2 saturated heterocycles. The number of nitrogens with zero attached hydrogens (tertiary/aromatic N) is 3. The van der Waals surface area contributed by atoms with Crippen LogP contribution in [0.4, 0.5) is 19.0 Å². The van der Waals surface area contributed by atoms with E-state index in [0.717, 1.165) is 6.07 Å². The first kappa shape index (κ1) is 21.9. The standard InChI is InChI=1S/C19H26F3N3O3S/c1-2-9-25(15-7-11-29(27,28)13-15)18(26)14-5-4-10-24(12-14)17-16(19(20,21)22)6-3-8-23-17/h3,6,8,14-15H,2,4-5,7,9-13H2,1H3. The summed E-state index contributed by atoms with van der Waals surface area (Å²) in [7, 11) is -3.14. The highest BCUT2D eigenvalue weighted by atomic mass is 32.2. The Morgan fingerprint density at radius 3 is 2.72 bits per heavy atom.